The molecule has 0 aliphatic carbocycles. The van der Waals surface area contributed by atoms with Crippen molar-refractivity contribution in [3.8, 4) is 0 Å². The molecule has 1 atom stereocenters. The van der Waals surface area contributed by atoms with Gasteiger partial charge in [0.25, 0.3) is 0 Å². The van der Waals surface area contributed by atoms with Gasteiger partial charge in [-0.15, -0.1) is 0 Å². The van der Waals surface area contributed by atoms with Gasteiger partial charge in [-0.1, -0.05) is 12.1 Å². The number of aromatic nitrogens is 2. The summed E-state index contributed by atoms with van der Waals surface area (Å²) in [4.78, 5) is 14.4. The van der Waals surface area contributed by atoms with Gasteiger partial charge in [0.05, 0.1) is 18.8 Å². The van der Waals surface area contributed by atoms with Gasteiger partial charge in [-0.2, -0.15) is 5.10 Å². The summed E-state index contributed by atoms with van der Waals surface area (Å²) in [5.41, 5.74) is 0.784. The second kappa shape index (κ2) is 8.80. The quantitative estimate of drug-likeness (QED) is 0.858. The molecule has 0 bridgehead atoms. The number of rotatable bonds is 6. The second-order valence-corrected chi connectivity index (χ2v) is 6.46. The molecular formula is C19H25FN4O2. The van der Waals surface area contributed by atoms with Crippen molar-refractivity contribution in [1.29, 1.82) is 0 Å². The summed E-state index contributed by atoms with van der Waals surface area (Å²) < 4.78 is 20.7. The molecular weight excluding hydrogens is 335 g/mol. The van der Waals surface area contributed by atoms with Gasteiger partial charge in [-0.25, -0.2) is 13.9 Å². The molecule has 0 spiro atoms. The topological polar surface area (TPSA) is 59.4 Å². The first-order valence-electron chi connectivity index (χ1n) is 9.09. The molecule has 140 valence electrons. The molecule has 2 amide bonds. The van der Waals surface area contributed by atoms with Crippen LogP contribution in [-0.4, -0.2) is 46.5 Å². The maximum Gasteiger partial charge on any atom is 0.323 e. The Morgan fingerprint density at radius 3 is 3.04 bits per heavy atom. The molecule has 2 aromatic rings. The van der Waals surface area contributed by atoms with E-state index in [1.165, 1.54) is 12.1 Å². The molecule has 6 nitrogen and oxygen atoms in total. The molecule has 3 rings (SSSR count). The zero-order valence-corrected chi connectivity index (χ0v) is 15.0. The first-order valence-corrected chi connectivity index (χ1v) is 9.09. The number of carbonyl (C=O) groups is 1. The molecule has 1 saturated heterocycles. The number of likely N-dealkylation sites (N-methyl/N-ethyl adjacent to an activating group) is 1. The molecule has 26 heavy (non-hydrogen) atoms. The van der Waals surface area contributed by atoms with E-state index in [2.05, 4.69) is 10.4 Å². The molecule has 1 N–H and O–H groups in total. The van der Waals surface area contributed by atoms with Gasteiger partial charge in [0, 0.05) is 25.8 Å². The molecule has 1 aromatic carbocycles. The lowest BCUT2D eigenvalue weighted by Gasteiger charge is -2.29. The number of carbonyl (C=O) groups excluding carboxylic acids is 1. The largest absolute Gasteiger partial charge is 0.376 e. The summed E-state index contributed by atoms with van der Waals surface area (Å²) in [6, 6.07) is 7.92. The van der Waals surface area contributed by atoms with Gasteiger partial charge in [0.2, 0.25) is 0 Å². The van der Waals surface area contributed by atoms with E-state index in [4.69, 9.17) is 4.74 Å². The van der Waals surface area contributed by atoms with Crippen molar-refractivity contribution in [2.45, 2.75) is 38.8 Å². The van der Waals surface area contributed by atoms with Gasteiger partial charge in [0.1, 0.15) is 11.6 Å². The van der Waals surface area contributed by atoms with Crippen LogP contribution in [0.4, 0.5) is 15.0 Å². The Kier molecular flexibility index (Phi) is 6.22. The average molecular weight is 360 g/mol. The van der Waals surface area contributed by atoms with Crippen LogP contribution >= 0.6 is 0 Å². The number of nitrogens with zero attached hydrogens (tertiary/aromatic N) is 3. The Labute approximate surface area is 152 Å². The number of nitrogens with one attached hydrogen (secondary N) is 1. The van der Waals surface area contributed by atoms with Crippen molar-refractivity contribution in [2.24, 2.45) is 0 Å². The standard InChI is InChI=1S/C19H25FN4O2/c1-2-23(14-17-8-3-4-11-26-17)19(25)22-18-9-10-21-24(18)13-15-6-5-7-16(20)12-15/h5-7,9-10,12,17H,2-4,8,11,13-14H2,1H3,(H,22,25). The number of amides is 2. The predicted molar refractivity (Wildman–Crippen MR) is 97.6 cm³/mol. The lowest BCUT2D eigenvalue weighted by atomic mass is 10.1. The summed E-state index contributed by atoms with van der Waals surface area (Å²) >= 11 is 0. The van der Waals surface area contributed by atoms with Crippen molar-refractivity contribution in [2.75, 3.05) is 25.0 Å². The highest BCUT2D eigenvalue weighted by molar-refractivity contribution is 5.88. The van der Waals surface area contributed by atoms with Crippen molar-refractivity contribution in [3.63, 3.8) is 0 Å². The Bertz CT molecular complexity index is 728. The fourth-order valence-corrected chi connectivity index (χ4v) is 3.11. The molecule has 2 heterocycles. The summed E-state index contributed by atoms with van der Waals surface area (Å²) in [5, 5.41) is 7.14. The second-order valence-electron chi connectivity index (χ2n) is 6.46. The lowest BCUT2D eigenvalue weighted by Crippen LogP contribution is -2.42. The number of urea groups is 1. The van der Waals surface area contributed by atoms with Crippen LogP contribution in [0.25, 0.3) is 0 Å². The zero-order valence-electron chi connectivity index (χ0n) is 15.0. The highest BCUT2D eigenvalue weighted by atomic mass is 19.1. The third-order valence-corrected chi connectivity index (χ3v) is 4.54. The van der Waals surface area contributed by atoms with E-state index in [9.17, 15) is 9.18 Å². The number of hydrogen-bond acceptors (Lipinski definition) is 3. The summed E-state index contributed by atoms with van der Waals surface area (Å²) in [5.74, 6) is 0.298. The number of ether oxygens (including phenoxy) is 1. The first-order chi connectivity index (χ1) is 12.7. The molecule has 0 radical (unpaired) electrons. The fraction of sp³-hybridized carbons (Fsp3) is 0.474. The number of anilines is 1. The minimum Gasteiger partial charge on any atom is -0.376 e. The monoisotopic (exact) mass is 360 g/mol. The molecule has 7 heteroatoms. The van der Waals surface area contributed by atoms with Crippen LogP contribution in [0.2, 0.25) is 0 Å². The Balaban J connectivity index is 1.62. The SMILES string of the molecule is CCN(CC1CCCCO1)C(=O)Nc1ccnn1Cc1cccc(F)c1. The van der Waals surface area contributed by atoms with E-state index in [-0.39, 0.29) is 18.0 Å². The molecule has 1 aliphatic heterocycles. The summed E-state index contributed by atoms with van der Waals surface area (Å²) in [6.45, 7) is 4.29. The van der Waals surface area contributed by atoms with Crippen molar-refractivity contribution in [1.82, 2.24) is 14.7 Å². The van der Waals surface area contributed by atoms with Crippen LogP contribution in [0.5, 0.6) is 0 Å². The van der Waals surface area contributed by atoms with E-state index in [0.29, 0.717) is 25.5 Å². The highest BCUT2D eigenvalue weighted by Crippen LogP contribution is 2.16. The zero-order chi connectivity index (χ0) is 18.4. The first kappa shape index (κ1) is 18.4. The van der Waals surface area contributed by atoms with Gasteiger partial charge < -0.3 is 9.64 Å². The minimum atomic E-state index is -0.287. The minimum absolute atomic E-state index is 0.103. The Morgan fingerprint density at radius 1 is 1.42 bits per heavy atom. The smallest absolute Gasteiger partial charge is 0.323 e. The maximum absolute atomic E-state index is 13.4. The Hall–Kier alpha value is -2.41. The van der Waals surface area contributed by atoms with Crippen molar-refractivity contribution >= 4 is 11.8 Å². The third kappa shape index (κ3) is 4.82. The molecule has 1 aliphatic rings. The average Bonchev–Trinajstić information content (AvgIpc) is 3.07. The van der Waals surface area contributed by atoms with Crippen LogP contribution in [0, 0.1) is 5.82 Å². The Morgan fingerprint density at radius 2 is 2.31 bits per heavy atom. The van der Waals surface area contributed by atoms with Gasteiger partial charge in [-0.05, 0) is 43.9 Å². The normalized spacial score (nSPS) is 17.1. The lowest BCUT2D eigenvalue weighted by molar-refractivity contribution is 0.00220. The maximum atomic E-state index is 13.4. The van der Waals surface area contributed by atoms with Crippen LogP contribution < -0.4 is 5.32 Å². The molecule has 1 aromatic heterocycles. The van der Waals surface area contributed by atoms with Crippen LogP contribution in [-0.2, 0) is 11.3 Å². The molecule has 1 fully saturated rings. The fourth-order valence-electron chi connectivity index (χ4n) is 3.11. The summed E-state index contributed by atoms with van der Waals surface area (Å²) in [7, 11) is 0. The third-order valence-electron chi connectivity index (χ3n) is 4.54. The van der Waals surface area contributed by atoms with E-state index >= 15 is 0 Å². The number of halogens is 1. The predicted octanol–water partition coefficient (Wildman–Crippen LogP) is 3.49. The van der Waals surface area contributed by atoms with Crippen LogP contribution in [0.1, 0.15) is 31.7 Å². The number of hydrogen-bond donors (Lipinski definition) is 1. The number of benzene rings is 1. The van der Waals surface area contributed by atoms with Gasteiger partial charge in [-0.3, -0.25) is 5.32 Å². The van der Waals surface area contributed by atoms with Gasteiger partial charge >= 0.3 is 6.03 Å². The molecule has 0 saturated carbocycles. The summed E-state index contributed by atoms with van der Waals surface area (Å²) in [6.07, 6.45) is 4.95. The van der Waals surface area contributed by atoms with Crippen molar-refractivity contribution < 1.29 is 13.9 Å². The van der Waals surface area contributed by atoms with Gasteiger partial charge in [0.15, 0.2) is 0 Å². The van der Waals surface area contributed by atoms with E-state index in [0.717, 1.165) is 31.4 Å². The van der Waals surface area contributed by atoms with Crippen LogP contribution in [0.15, 0.2) is 36.5 Å². The molecule has 1 unspecified atom stereocenters. The van der Waals surface area contributed by atoms with Crippen LogP contribution in [0.3, 0.4) is 0 Å². The van der Waals surface area contributed by atoms with Crippen molar-refractivity contribution in [3.05, 3.63) is 47.9 Å². The highest BCUT2D eigenvalue weighted by Gasteiger charge is 2.21. The van der Waals surface area contributed by atoms with E-state index in [1.54, 1.807) is 27.9 Å². The van der Waals surface area contributed by atoms with E-state index in [1.807, 2.05) is 13.0 Å². The van der Waals surface area contributed by atoms with E-state index < -0.39 is 0 Å².